The van der Waals surface area contributed by atoms with Gasteiger partial charge in [-0.05, 0) is 35.4 Å². The van der Waals surface area contributed by atoms with E-state index in [0.717, 1.165) is 5.56 Å². The second-order valence-corrected chi connectivity index (χ2v) is 4.59. The van der Waals surface area contributed by atoms with E-state index in [1.165, 1.54) is 6.07 Å². The van der Waals surface area contributed by atoms with Gasteiger partial charge in [0, 0.05) is 5.56 Å². The molecule has 0 atom stereocenters. The van der Waals surface area contributed by atoms with Crippen LogP contribution in [0, 0.1) is 17.1 Å². The molecule has 0 aliphatic carbocycles. The Hall–Kier alpha value is -1.56. The molecule has 4 heteroatoms. The van der Waals surface area contributed by atoms with Crippen molar-refractivity contribution in [3.05, 3.63) is 57.8 Å². The van der Waals surface area contributed by atoms with Gasteiger partial charge in [-0.25, -0.2) is 4.39 Å². The Kier molecular flexibility index (Phi) is 3.86. The highest BCUT2D eigenvalue weighted by molar-refractivity contribution is 6.42. The largest absolute Gasteiger partial charge is 0.206 e. The quantitative estimate of drug-likeness (QED) is 0.770. The van der Waals surface area contributed by atoms with Gasteiger partial charge in [-0.1, -0.05) is 35.3 Å². The van der Waals surface area contributed by atoms with Crippen LogP contribution in [0.25, 0.3) is 11.1 Å². The Morgan fingerprint density at radius 2 is 1.83 bits per heavy atom. The summed E-state index contributed by atoms with van der Waals surface area (Å²) in [6.07, 6.45) is 0.245. The second-order valence-electron chi connectivity index (χ2n) is 3.78. The fraction of sp³-hybridized carbons (Fsp3) is 0.0714. The van der Waals surface area contributed by atoms with Gasteiger partial charge < -0.3 is 0 Å². The van der Waals surface area contributed by atoms with Gasteiger partial charge in [0.1, 0.15) is 5.82 Å². The molecule has 0 N–H and O–H groups in total. The first-order valence-corrected chi connectivity index (χ1v) is 5.98. The normalized spacial score (nSPS) is 10.1. The van der Waals surface area contributed by atoms with Crippen molar-refractivity contribution in [1.29, 1.82) is 5.26 Å². The summed E-state index contributed by atoms with van der Waals surface area (Å²) in [5.74, 6) is -0.352. The van der Waals surface area contributed by atoms with Gasteiger partial charge in [-0.2, -0.15) is 5.26 Å². The number of nitrogens with zero attached hydrogens (tertiary/aromatic N) is 1. The van der Waals surface area contributed by atoms with Crippen LogP contribution in [0.1, 0.15) is 5.56 Å². The van der Waals surface area contributed by atoms with Gasteiger partial charge in [-0.3, -0.25) is 0 Å². The number of nitriles is 1. The van der Waals surface area contributed by atoms with E-state index in [-0.39, 0.29) is 12.2 Å². The average molecular weight is 280 g/mol. The first kappa shape index (κ1) is 12.9. The lowest BCUT2D eigenvalue weighted by atomic mass is 10.0. The highest BCUT2D eigenvalue weighted by Crippen LogP contribution is 2.30. The molecule has 2 rings (SSSR count). The molecule has 0 aliphatic heterocycles. The molecule has 0 spiro atoms. The van der Waals surface area contributed by atoms with Crippen molar-refractivity contribution >= 4 is 23.2 Å². The van der Waals surface area contributed by atoms with Crippen molar-refractivity contribution in [2.24, 2.45) is 0 Å². The zero-order chi connectivity index (χ0) is 13.1. The lowest BCUT2D eigenvalue weighted by molar-refractivity contribution is 0.631. The molecule has 0 radical (unpaired) electrons. The van der Waals surface area contributed by atoms with Crippen LogP contribution < -0.4 is 0 Å². The molecule has 0 aromatic heterocycles. The van der Waals surface area contributed by atoms with Gasteiger partial charge in [0.25, 0.3) is 0 Å². The maximum atomic E-state index is 13.8. The highest BCUT2D eigenvalue weighted by atomic mass is 35.5. The zero-order valence-corrected chi connectivity index (χ0v) is 10.8. The summed E-state index contributed by atoms with van der Waals surface area (Å²) in [5.41, 5.74) is 1.82. The molecule has 2 aromatic carbocycles. The smallest absolute Gasteiger partial charge is 0.131 e. The van der Waals surface area contributed by atoms with Gasteiger partial charge >= 0.3 is 0 Å². The third-order valence-electron chi connectivity index (χ3n) is 2.54. The van der Waals surface area contributed by atoms with Crippen LogP contribution in [-0.2, 0) is 6.42 Å². The number of benzene rings is 2. The van der Waals surface area contributed by atoms with Crippen LogP contribution >= 0.6 is 23.2 Å². The molecule has 0 saturated heterocycles. The summed E-state index contributed by atoms with van der Waals surface area (Å²) in [7, 11) is 0. The van der Waals surface area contributed by atoms with Crippen LogP contribution in [0.4, 0.5) is 4.39 Å². The predicted octanol–water partition coefficient (Wildman–Crippen LogP) is 4.87. The molecular weight excluding hydrogens is 272 g/mol. The highest BCUT2D eigenvalue weighted by Gasteiger charge is 2.08. The minimum atomic E-state index is -0.352. The Bertz CT molecular complexity index is 632. The molecule has 2 aromatic rings. The van der Waals surface area contributed by atoms with E-state index in [1.807, 2.05) is 6.07 Å². The van der Waals surface area contributed by atoms with Crippen LogP contribution in [0.2, 0.25) is 10.0 Å². The maximum absolute atomic E-state index is 13.8. The SMILES string of the molecule is N#CCc1ccc(F)c(-c2ccc(Cl)c(Cl)c2)c1. The van der Waals surface area contributed by atoms with Crippen LogP contribution in [0.3, 0.4) is 0 Å². The lowest BCUT2D eigenvalue weighted by Gasteiger charge is -2.06. The topological polar surface area (TPSA) is 23.8 Å². The van der Waals surface area contributed by atoms with Crippen molar-refractivity contribution in [2.45, 2.75) is 6.42 Å². The van der Waals surface area contributed by atoms with Crippen molar-refractivity contribution in [3.8, 4) is 17.2 Å². The number of hydrogen-bond donors (Lipinski definition) is 0. The maximum Gasteiger partial charge on any atom is 0.131 e. The Morgan fingerprint density at radius 3 is 2.50 bits per heavy atom. The summed E-state index contributed by atoms with van der Waals surface area (Å²) in [5, 5.41) is 9.45. The van der Waals surface area contributed by atoms with Gasteiger partial charge in [0.2, 0.25) is 0 Å². The van der Waals surface area contributed by atoms with Crippen LogP contribution in [0.5, 0.6) is 0 Å². The lowest BCUT2D eigenvalue weighted by Crippen LogP contribution is -1.89. The predicted molar refractivity (Wildman–Crippen MR) is 71.2 cm³/mol. The van der Waals surface area contributed by atoms with Crippen molar-refractivity contribution < 1.29 is 4.39 Å². The molecule has 0 bridgehead atoms. The van der Waals surface area contributed by atoms with E-state index in [1.54, 1.807) is 30.3 Å². The Labute approximate surface area is 114 Å². The number of rotatable bonds is 2. The Balaban J connectivity index is 2.52. The minimum absolute atomic E-state index is 0.245. The first-order chi connectivity index (χ1) is 8.61. The fourth-order valence-corrected chi connectivity index (χ4v) is 1.96. The third-order valence-corrected chi connectivity index (χ3v) is 3.28. The van der Waals surface area contributed by atoms with Crippen molar-refractivity contribution in [1.82, 2.24) is 0 Å². The molecular formula is C14H8Cl2FN. The van der Waals surface area contributed by atoms with E-state index in [0.29, 0.717) is 21.2 Å². The molecule has 18 heavy (non-hydrogen) atoms. The molecule has 0 saturated carbocycles. The van der Waals surface area contributed by atoms with Gasteiger partial charge in [0.05, 0.1) is 22.5 Å². The summed E-state index contributed by atoms with van der Waals surface area (Å²) in [4.78, 5) is 0. The second kappa shape index (κ2) is 5.39. The Morgan fingerprint density at radius 1 is 1.06 bits per heavy atom. The zero-order valence-electron chi connectivity index (χ0n) is 9.25. The third kappa shape index (κ3) is 2.64. The first-order valence-electron chi connectivity index (χ1n) is 5.22. The molecule has 0 aliphatic rings. The summed E-state index contributed by atoms with van der Waals surface area (Å²) in [6, 6.07) is 11.6. The van der Waals surface area contributed by atoms with Crippen molar-refractivity contribution in [2.75, 3.05) is 0 Å². The average Bonchev–Trinajstić information content (AvgIpc) is 2.35. The fourth-order valence-electron chi connectivity index (χ4n) is 1.66. The number of halogens is 3. The summed E-state index contributed by atoms with van der Waals surface area (Å²) in [6.45, 7) is 0. The van der Waals surface area contributed by atoms with Gasteiger partial charge in [-0.15, -0.1) is 0 Å². The number of hydrogen-bond acceptors (Lipinski definition) is 1. The van der Waals surface area contributed by atoms with Crippen molar-refractivity contribution in [3.63, 3.8) is 0 Å². The van der Waals surface area contributed by atoms with E-state index in [2.05, 4.69) is 0 Å². The standard InChI is InChI=1S/C14H8Cl2FN/c15-12-3-2-10(8-13(12)16)11-7-9(5-6-18)1-4-14(11)17/h1-4,7-8H,5H2. The van der Waals surface area contributed by atoms with Gasteiger partial charge in [0.15, 0.2) is 0 Å². The molecule has 0 fully saturated rings. The summed E-state index contributed by atoms with van der Waals surface area (Å²) < 4.78 is 13.8. The minimum Gasteiger partial charge on any atom is -0.206 e. The van der Waals surface area contributed by atoms with E-state index in [9.17, 15) is 4.39 Å². The summed E-state index contributed by atoms with van der Waals surface area (Å²) >= 11 is 11.7. The monoisotopic (exact) mass is 279 g/mol. The molecule has 1 nitrogen and oxygen atoms in total. The van der Waals surface area contributed by atoms with E-state index in [4.69, 9.17) is 28.5 Å². The molecule has 0 heterocycles. The van der Waals surface area contributed by atoms with Crippen LogP contribution in [0.15, 0.2) is 36.4 Å². The van der Waals surface area contributed by atoms with E-state index < -0.39 is 0 Å². The molecule has 0 unspecified atom stereocenters. The molecule has 90 valence electrons. The molecule has 0 amide bonds. The van der Waals surface area contributed by atoms with Crippen LogP contribution in [-0.4, -0.2) is 0 Å². The van der Waals surface area contributed by atoms with E-state index >= 15 is 0 Å².